The Morgan fingerprint density at radius 2 is 1.39 bits per heavy atom. The van der Waals surface area contributed by atoms with E-state index in [4.69, 9.17) is 4.18 Å². The fourth-order valence-corrected chi connectivity index (χ4v) is 6.27. The zero-order valence-electron chi connectivity index (χ0n) is 15.2. The van der Waals surface area contributed by atoms with Crippen molar-refractivity contribution in [3.05, 3.63) is 30.3 Å². The third kappa shape index (κ3) is 7.43. The topological polar surface area (TPSA) is 26.3 Å². The summed E-state index contributed by atoms with van der Waals surface area (Å²) in [5, 5.41) is 0. The van der Waals surface area contributed by atoms with Gasteiger partial charge in [-0.1, -0.05) is 80.9 Å². The van der Waals surface area contributed by atoms with E-state index in [1.54, 1.807) is 6.92 Å². The zero-order valence-corrected chi connectivity index (χ0v) is 16.0. The van der Waals surface area contributed by atoms with Crippen molar-refractivity contribution in [1.82, 2.24) is 0 Å². The van der Waals surface area contributed by atoms with Gasteiger partial charge in [0.1, 0.15) is 0 Å². The molecular formula is C20H34O2S. The molecule has 1 aromatic rings. The number of carbonyl (C=O) groups excluding carboxylic acids is 1. The summed E-state index contributed by atoms with van der Waals surface area (Å²) in [6.07, 6.45) is 9.76. The fourth-order valence-electron chi connectivity index (χ4n) is 2.89. The molecule has 0 unspecified atom stereocenters. The Bertz CT molecular complexity index is 419. The van der Waals surface area contributed by atoms with Crippen molar-refractivity contribution in [2.45, 2.75) is 77.0 Å². The van der Waals surface area contributed by atoms with Crippen LogP contribution in [-0.4, -0.2) is 17.5 Å². The largest absolute Gasteiger partial charge is 0.411 e. The summed E-state index contributed by atoms with van der Waals surface area (Å²) in [5.74, 6) is 1.90. The summed E-state index contributed by atoms with van der Waals surface area (Å²) in [6.45, 7) is 6.02. The van der Waals surface area contributed by atoms with Crippen LogP contribution in [-0.2, 0) is 8.98 Å². The molecule has 3 heteroatoms. The van der Waals surface area contributed by atoms with Crippen LogP contribution in [0.3, 0.4) is 0 Å². The second-order valence-corrected chi connectivity index (χ2v) is 9.31. The molecule has 1 aromatic carbocycles. The molecule has 0 aliphatic heterocycles. The van der Waals surface area contributed by atoms with Crippen molar-refractivity contribution < 1.29 is 8.98 Å². The summed E-state index contributed by atoms with van der Waals surface area (Å²) in [7, 11) is -1.48. The summed E-state index contributed by atoms with van der Waals surface area (Å²) >= 11 is 0. The number of benzene rings is 1. The van der Waals surface area contributed by atoms with Crippen molar-refractivity contribution in [1.29, 1.82) is 0 Å². The summed E-state index contributed by atoms with van der Waals surface area (Å²) in [5.41, 5.74) is 0. The van der Waals surface area contributed by atoms with Gasteiger partial charge in [0.2, 0.25) is 0 Å². The summed E-state index contributed by atoms with van der Waals surface area (Å²) < 4.78 is 6.03. The molecule has 23 heavy (non-hydrogen) atoms. The maximum absolute atomic E-state index is 11.8. The van der Waals surface area contributed by atoms with E-state index in [-0.39, 0.29) is 5.97 Å². The summed E-state index contributed by atoms with van der Waals surface area (Å²) in [6, 6.07) is 10.5. The van der Waals surface area contributed by atoms with Crippen LogP contribution in [0.2, 0.25) is 0 Å². The highest BCUT2D eigenvalue weighted by atomic mass is 32.3. The first-order valence-electron chi connectivity index (χ1n) is 9.18. The Hall–Kier alpha value is -0.960. The first kappa shape index (κ1) is 20.1. The minimum Gasteiger partial charge on any atom is -0.411 e. The molecule has 2 nitrogen and oxygen atoms in total. The van der Waals surface area contributed by atoms with Crippen LogP contribution >= 0.6 is 10.3 Å². The first-order valence-corrected chi connectivity index (χ1v) is 11.1. The van der Waals surface area contributed by atoms with Crippen LogP contribution < -0.4 is 0 Å². The molecule has 0 saturated heterocycles. The number of unbranched alkanes of at least 4 members (excludes halogenated alkanes) is 6. The average molecular weight is 339 g/mol. The van der Waals surface area contributed by atoms with Crippen LogP contribution in [0.4, 0.5) is 0 Å². The maximum Gasteiger partial charge on any atom is 0.313 e. The third-order valence-electron chi connectivity index (χ3n) is 4.10. The zero-order chi connectivity index (χ0) is 17.0. The van der Waals surface area contributed by atoms with Crippen LogP contribution in [0.15, 0.2) is 35.2 Å². The highest BCUT2D eigenvalue weighted by Crippen LogP contribution is 2.58. The first-order chi connectivity index (χ1) is 11.1. The van der Waals surface area contributed by atoms with Crippen LogP contribution in [0.25, 0.3) is 0 Å². The third-order valence-corrected chi connectivity index (χ3v) is 7.69. The number of hydrogen-bond donors (Lipinski definition) is 0. The molecule has 0 aromatic heterocycles. The van der Waals surface area contributed by atoms with Gasteiger partial charge >= 0.3 is 5.97 Å². The predicted octanol–water partition coefficient (Wildman–Crippen LogP) is 6.49. The lowest BCUT2D eigenvalue weighted by Gasteiger charge is -2.39. The van der Waals surface area contributed by atoms with Gasteiger partial charge in [0, 0.05) is 23.3 Å². The molecule has 0 aliphatic rings. The molecule has 0 saturated carbocycles. The Kier molecular flexibility index (Phi) is 10.1. The normalized spacial score (nSPS) is 12.1. The van der Waals surface area contributed by atoms with Gasteiger partial charge in [-0.05, 0) is 25.0 Å². The molecule has 0 N–H and O–H groups in total. The second kappa shape index (κ2) is 11.6. The van der Waals surface area contributed by atoms with E-state index < -0.39 is 10.3 Å². The van der Waals surface area contributed by atoms with E-state index in [1.165, 1.54) is 43.4 Å². The van der Waals surface area contributed by atoms with E-state index in [2.05, 4.69) is 38.1 Å². The monoisotopic (exact) mass is 338 g/mol. The second-order valence-electron chi connectivity index (χ2n) is 6.23. The molecular weight excluding hydrogens is 304 g/mol. The minimum absolute atomic E-state index is 0.130. The van der Waals surface area contributed by atoms with Crippen molar-refractivity contribution in [2.75, 3.05) is 11.5 Å². The quantitative estimate of drug-likeness (QED) is 0.407. The average Bonchev–Trinajstić information content (AvgIpc) is 2.55. The molecule has 0 spiro atoms. The fraction of sp³-hybridized carbons (Fsp3) is 0.650. The molecule has 0 heterocycles. The number of carbonyl (C=O) groups is 1. The number of hydrogen-bond acceptors (Lipinski definition) is 2. The van der Waals surface area contributed by atoms with Crippen LogP contribution in [0, 0.1) is 0 Å². The van der Waals surface area contributed by atoms with E-state index in [9.17, 15) is 4.79 Å². The van der Waals surface area contributed by atoms with Gasteiger partial charge in [-0.2, -0.15) is 0 Å². The van der Waals surface area contributed by atoms with Crippen LogP contribution in [0.5, 0.6) is 0 Å². The maximum atomic E-state index is 11.8. The Morgan fingerprint density at radius 3 is 1.83 bits per heavy atom. The van der Waals surface area contributed by atoms with Gasteiger partial charge in [-0.25, -0.2) is 0 Å². The smallest absolute Gasteiger partial charge is 0.313 e. The Labute approximate surface area is 144 Å². The van der Waals surface area contributed by atoms with E-state index >= 15 is 0 Å². The molecule has 0 amide bonds. The standard InChI is InChI=1S/C20H34O2S/c1-4-6-8-13-17-23(22-19(3)21,18-14-9-7-5-2)20-15-11-10-12-16-20/h10-12,15-16H,4-9,13-14,17-18H2,1-3H3. The lowest BCUT2D eigenvalue weighted by molar-refractivity contribution is -0.131. The molecule has 1 rings (SSSR count). The van der Waals surface area contributed by atoms with E-state index in [0.29, 0.717) is 0 Å². The van der Waals surface area contributed by atoms with Crippen LogP contribution in [0.1, 0.15) is 72.1 Å². The van der Waals surface area contributed by atoms with E-state index in [1.807, 2.05) is 6.07 Å². The molecule has 132 valence electrons. The Morgan fingerprint density at radius 1 is 0.870 bits per heavy atom. The predicted molar refractivity (Wildman–Crippen MR) is 102 cm³/mol. The molecule has 0 radical (unpaired) electrons. The minimum atomic E-state index is -1.48. The van der Waals surface area contributed by atoms with Crippen molar-refractivity contribution >= 4 is 16.3 Å². The summed E-state index contributed by atoms with van der Waals surface area (Å²) in [4.78, 5) is 13.0. The van der Waals surface area contributed by atoms with Gasteiger partial charge in [0.05, 0.1) is 0 Å². The molecule has 0 atom stereocenters. The van der Waals surface area contributed by atoms with Gasteiger partial charge < -0.3 is 4.18 Å². The van der Waals surface area contributed by atoms with Crippen molar-refractivity contribution in [3.63, 3.8) is 0 Å². The van der Waals surface area contributed by atoms with Gasteiger partial charge in [0.15, 0.2) is 0 Å². The lowest BCUT2D eigenvalue weighted by Crippen LogP contribution is -2.17. The van der Waals surface area contributed by atoms with Gasteiger partial charge in [-0.3, -0.25) is 4.79 Å². The lowest BCUT2D eigenvalue weighted by atomic mass is 10.2. The van der Waals surface area contributed by atoms with Crippen molar-refractivity contribution in [3.8, 4) is 0 Å². The highest BCUT2D eigenvalue weighted by molar-refractivity contribution is 8.30. The van der Waals surface area contributed by atoms with Gasteiger partial charge in [-0.15, -0.1) is 0 Å². The molecule has 0 aliphatic carbocycles. The van der Waals surface area contributed by atoms with Crippen molar-refractivity contribution in [2.24, 2.45) is 0 Å². The SMILES string of the molecule is CCCCCCS(CCCCCC)(OC(C)=O)c1ccccc1. The Balaban J connectivity index is 2.89. The van der Waals surface area contributed by atoms with E-state index in [0.717, 1.165) is 24.3 Å². The molecule has 0 bridgehead atoms. The molecule has 0 fully saturated rings. The van der Waals surface area contributed by atoms with Gasteiger partial charge in [0.25, 0.3) is 0 Å². The highest BCUT2D eigenvalue weighted by Gasteiger charge is 2.29. The number of rotatable bonds is 12.